The van der Waals surface area contributed by atoms with Crippen LogP contribution in [-0.2, 0) is 0 Å². The van der Waals surface area contributed by atoms with Gasteiger partial charge in [-0.25, -0.2) is 15.0 Å². The van der Waals surface area contributed by atoms with E-state index in [1.165, 1.54) is 184 Å². The molecule has 7 rings (SSSR count). The minimum absolute atomic E-state index is 0.733. The number of aromatic nitrogens is 3. The molecule has 0 aliphatic carbocycles. The Labute approximate surface area is 417 Å². The first-order chi connectivity index (χ1) is 32.0. The topological polar surface area (TPSA) is 38.7 Å². The van der Waals surface area contributed by atoms with Crippen LogP contribution in [0.4, 0.5) is 0 Å². The van der Waals surface area contributed by atoms with Gasteiger partial charge in [0, 0.05) is 16.7 Å². The largest absolute Gasteiger partial charge is 0.208 e. The highest BCUT2D eigenvalue weighted by atomic mass is 15.0. The molecule has 6 aromatic carbocycles. The molecule has 0 radical (unpaired) electrons. The van der Waals surface area contributed by atoms with Crippen LogP contribution in [-0.4, -0.2) is 15.0 Å². The molecule has 0 bridgehead atoms. The summed E-state index contributed by atoms with van der Waals surface area (Å²) < 4.78 is 0. The zero-order valence-corrected chi connectivity index (χ0v) is 47.8. The maximum atomic E-state index is 5.66. The van der Waals surface area contributed by atoms with Gasteiger partial charge < -0.3 is 0 Å². The fourth-order valence-electron chi connectivity index (χ4n) is 12.4. The van der Waals surface area contributed by atoms with E-state index in [4.69, 9.17) is 15.0 Å². The first-order valence-corrected chi connectivity index (χ1v) is 25.3. The van der Waals surface area contributed by atoms with Gasteiger partial charge in [-0.05, 0) is 371 Å². The predicted molar refractivity (Wildman–Crippen MR) is 300 cm³/mol. The highest BCUT2D eigenvalue weighted by molar-refractivity contribution is 5.90. The second-order valence-corrected chi connectivity index (χ2v) is 21.6. The summed E-state index contributed by atoms with van der Waals surface area (Å²) in [7, 11) is 0. The summed E-state index contributed by atoms with van der Waals surface area (Å²) in [5.41, 5.74) is 46.9. The summed E-state index contributed by atoms with van der Waals surface area (Å²) in [4.78, 5) is 17.0. The summed E-state index contributed by atoms with van der Waals surface area (Å²) in [6.45, 7) is 61.9. The van der Waals surface area contributed by atoms with Crippen molar-refractivity contribution in [1.29, 1.82) is 0 Å². The number of nitrogens with zero attached hydrogens (tertiary/aromatic N) is 3. The van der Waals surface area contributed by atoms with Crippen LogP contribution in [0.2, 0.25) is 0 Å². The molecule has 0 fully saturated rings. The van der Waals surface area contributed by atoms with E-state index in [1.807, 2.05) is 0 Å². The van der Waals surface area contributed by atoms with Gasteiger partial charge in [-0.1, -0.05) is 0 Å². The molecule has 3 heteroatoms. The van der Waals surface area contributed by atoms with Crippen LogP contribution in [0.15, 0.2) is 0 Å². The van der Waals surface area contributed by atoms with E-state index in [1.54, 1.807) is 0 Å². The Morgan fingerprint density at radius 2 is 0.203 bits per heavy atom. The van der Waals surface area contributed by atoms with Crippen molar-refractivity contribution in [3.63, 3.8) is 0 Å². The Morgan fingerprint density at radius 3 is 0.333 bits per heavy atom. The summed E-state index contributed by atoms with van der Waals surface area (Å²) in [6.07, 6.45) is 0. The fraction of sp³-hybridized carbons (Fsp3) is 0.409. The molecule has 1 aromatic heterocycles. The van der Waals surface area contributed by atoms with E-state index >= 15 is 0 Å². The van der Waals surface area contributed by atoms with Gasteiger partial charge in [-0.2, -0.15) is 0 Å². The summed E-state index contributed by atoms with van der Waals surface area (Å²) in [5, 5.41) is 0. The zero-order valence-electron chi connectivity index (χ0n) is 47.8. The molecule has 69 heavy (non-hydrogen) atoms. The van der Waals surface area contributed by atoms with Gasteiger partial charge in [-0.15, -0.1) is 0 Å². The van der Waals surface area contributed by atoms with Crippen molar-refractivity contribution in [2.45, 2.75) is 187 Å². The van der Waals surface area contributed by atoms with E-state index in [0.717, 1.165) is 34.2 Å². The second-order valence-electron chi connectivity index (χ2n) is 21.6. The van der Waals surface area contributed by atoms with Crippen molar-refractivity contribution in [3.8, 4) is 67.5 Å². The Balaban J connectivity index is 1.61. The smallest absolute Gasteiger partial charge is 0.164 e. The van der Waals surface area contributed by atoms with Crippen LogP contribution in [0.1, 0.15) is 150 Å². The Bertz CT molecular complexity index is 2870. The normalized spacial score (nSPS) is 11.7. The van der Waals surface area contributed by atoms with Crippen molar-refractivity contribution in [2.75, 3.05) is 0 Å². The van der Waals surface area contributed by atoms with Gasteiger partial charge in [-0.3, -0.25) is 0 Å². The van der Waals surface area contributed by atoms with Crippen molar-refractivity contribution in [1.82, 2.24) is 15.0 Å². The van der Waals surface area contributed by atoms with Gasteiger partial charge in [0.1, 0.15) is 0 Å². The maximum absolute atomic E-state index is 5.66. The monoisotopic (exact) mass is 916 g/mol. The van der Waals surface area contributed by atoms with Gasteiger partial charge in [0.25, 0.3) is 0 Å². The second kappa shape index (κ2) is 17.9. The Morgan fingerprint density at radius 1 is 0.116 bits per heavy atom. The quantitative estimate of drug-likeness (QED) is 0.167. The highest BCUT2D eigenvalue weighted by Crippen LogP contribution is 2.48. The Kier molecular flexibility index (Phi) is 13.3. The van der Waals surface area contributed by atoms with E-state index in [-0.39, 0.29) is 0 Å². The number of hydrogen-bond donors (Lipinski definition) is 0. The lowest BCUT2D eigenvalue weighted by Gasteiger charge is -2.27. The van der Waals surface area contributed by atoms with E-state index in [0.29, 0.717) is 0 Å². The molecule has 0 saturated carbocycles. The van der Waals surface area contributed by atoms with Gasteiger partial charge >= 0.3 is 0 Å². The van der Waals surface area contributed by atoms with E-state index in [9.17, 15) is 0 Å². The van der Waals surface area contributed by atoms with Crippen molar-refractivity contribution < 1.29 is 0 Å². The third-order valence-corrected chi connectivity index (χ3v) is 18.9. The molecule has 0 unspecified atom stereocenters. The first-order valence-electron chi connectivity index (χ1n) is 25.3. The van der Waals surface area contributed by atoms with Gasteiger partial charge in [0.2, 0.25) is 0 Å². The highest BCUT2D eigenvalue weighted by Gasteiger charge is 2.29. The lowest BCUT2D eigenvalue weighted by Crippen LogP contribution is -2.11. The van der Waals surface area contributed by atoms with Crippen molar-refractivity contribution >= 4 is 0 Å². The van der Waals surface area contributed by atoms with Crippen LogP contribution in [0.25, 0.3) is 67.5 Å². The van der Waals surface area contributed by atoms with E-state index in [2.05, 4.69) is 187 Å². The molecule has 0 aliphatic rings. The fourth-order valence-corrected chi connectivity index (χ4v) is 12.4. The predicted octanol–water partition coefficient (Wildman–Crippen LogP) is 18.2. The van der Waals surface area contributed by atoms with Crippen molar-refractivity contribution in [3.05, 3.63) is 150 Å². The molecule has 0 saturated heterocycles. The van der Waals surface area contributed by atoms with Crippen LogP contribution >= 0.6 is 0 Å². The minimum atomic E-state index is 0.733. The molecule has 0 amide bonds. The van der Waals surface area contributed by atoms with Crippen LogP contribution in [0, 0.1) is 187 Å². The average molecular weight is 916 g/mol. The summed E-state index contributed by atoms with van der Waals surface area (Å²) >= 11 is 0. The van der Waals surface area contributed by atoms with Crippen molar-refractivity contribution in [2.24, 2.45) is 0 Å². The van der Waals surface area contributed by atoms with Gasteiger partial charge in [0.15, 0.2) is 17.5 Å². The molecule has 0 atom stereocenters. The molecule has 3 nitrogen and oxygen atoms in total. The van der Waals surface area contributed by atoms with Crippen LogP contribution in [0.3, 0.4) is 0 Å². The number of benzene rings is 6. The molecular formula is C66H81N3. The minimum Gasteiger partial charge on any atom is -0.208 e. The molecule has 0 spiro atoms. The molecule has 0 N–H and O–H groups in total. The van der Waals surface area contributed by atoms with Crippen LogP contribution < -0.4 is 0 Å². The maximum Gasteiger partial charge on any atom is 0.164 e. The standard InChI is InChI=1S/C66H81N3/c1-28-31(4)37(10)55(38(11)32(28)5)58-43(16)49(22)61(50(23)44(58)17)64-67-65(62-51(24)45(18)59(46(19)52(62)25)56-39(12)33(6)29(2)34(7)40(56)13)69-66(68-64)63-53(26)47(20)60(48(21)54(63)27)57-41(14)35(8)30(3)36(9)42(57)15/h1-27H3. The molecule has 1 heterocycles. The SMILES string of the molecule is Cc1c(C)c(C)c(-c2c(C)c(C)c(-c3nc(-c4c(C)c(C)c(-c5c(C)c(C)c(C)c(C)c5C)c(C)c4C)nc(-c4c(C)c(C)c(-c5c(C)c(C)c(C)c(C)c5C)c(C)c4C)n3)c(C)c2C)c(C)c1C. The third-order valence-electron chi connectivity index (χ3n) is 18.9. The number of hydrogen-bond acceptors (Lipinski definition) is 3. The third kappa shape index (κ3) is 7.46. The number of rotatable bonds is 6. The first kappa shape index (κ1) is 51.2. The molecule has 360 valence electrons. The lowest BCUT2D eigenvalue weighted by molar-refractivity contribution is 1.04. The van der Waals surface area contributed by atoms with Crippen LogP contribution in [0.5, 0.6) is 0 Å². The molecule has 7 aromatic rings. The summed E-state index contributed by atoms with van der Waals surface area (Å²) in [6, 6.07) is 0. The van der Waals surface area contributed by atoms with E-state index < -0.39 is 0 Å². The van der Waals surface area contributed by atoms with Gasteiger partial charge in [0.05, 0.1) is 0 Å². The average Bonchev–Trinajstić information content (AvgIpc) is 3.31. The molecule has 0 aliphatic heterocycles. The zero-order chi connectivity index (χ0) is 51.6. The Hall–Kier alpha value is -5.67. The molecular weight excluding hydrogens is 835 g/mol. The lowest BCUT2D eigenvalue weighted by atomic mass is 9.79. The summed E-state index contributed by atoms with van der Waals surface area (Å²) in [5.74, 6) is 2.20.